The van der Waals surface area contributed by atoms with E-state index < -0.39 is 10.0 Å². The van der Waals surface area contributed by atoms with Crippen LogP contribution in [0.4, 0.5) is 0 Å². The van der Waals surface area contributed by atoms with Gasteiger partial charge in [-0.25, -0.2) is 8.42 Å². The van der Waals surface area contributed by atoms with Gasteiger partial charge in [0, 0.05) is 23.6 Å². The molecule has 1 aliphatic heterocycles. The van der Waals surface area contributed by atoms with Crippen molar-refractivity contribution >= 4 is 37.6 Å². The topological polar surface area (TPSA) is 63.4 Å². The fourth-order valence-corrected chi connectivity index (χ4v) is 4.31. The standard InChI is InChI=1S/C10H12BrClN2O2S/c11-8-2-1-3-9(10(8)12)17(15,16)14-5-4-7(13)6-14/h1-3,7H,4-6,13H2/t7-/m1/s1. The van der Waals surface area contributed by atoms with Gasteiger partial charge in [0.1, 0.15) is 4.90 Å². The third kappa shape index (κ3) is 2.51. The number of benzene rings is 1. The molecule has 0 aromatic heterocycles. The molecular weight excluding hydrogens is 328 g/mol. The second-order valence-corrected chi connectivity index (χ2v) is 7.10. The van der Waals surface area contributed by atoms with Crippen molar-refractivity contribution in [3.8, 4) is 0 Å². The normalized spacial score (nSPS) is 21.9. The number of hydrogen-bond donors (Lipinski definition) is 1. The Balaban J connectivity index is 2.42. The van der Waals surface area contributed by atoms with Crippen LogP contribution in [0.5, 0.6) is 0 Å². The molecule has 1 aromatic rings. The molecule has 0 aliphatic carbocycles. The van der Waals surface area contributed by atoms with Crippen molar-refractivity contribution in [2.45, 2.75) is 17.4 Å². The first-order valence-corrected chi connectivity index (χ1v) is 7.74. The first-order chi connectivity index (χ1) is 7.93. The zero-order valence-electron chi connectivity index (χ0n) is 8.94. The molecule has 0 bridgehead atoms. The van der Waals surface area contributed by atoms with Crippen molar-refractivity contribution in [1.29, 1.82) is 0 Å². The van der Waals surface area contributed by atoms with Gasteiger partial charge < -0.3 is 5.73 Å². The van der Waals surface area contributed by atoms with Gasteiger partial charge in [-0.2, -0.15) is 4.31 Å². The molecule has 7 heteroatoms. The van der Waals surface area contributed by atoms with Crippen LogP contribution in [0.1, 0.15) is 6.42 Å². The smallest absolute Gasteiger partial charge is 0.244 e. The minimum absolute atomic E-state index is 0.0873. The highest BCUT2D eigenvalue weighted by Crippen LogP contribution is 2.32. The average molecular weight is 340 g/mol. The van der Waals surface area contributed by atoms with Crippen LogP contribution in [0.2, 0.25) is 5.02 Å². The average Bonchev–Trinajstić information content (AvgIpc) is 2.69. The number of nitrogens with zero attached hydrogens (tertiary/aromatic N) is 1. The van der Waals surface area contributed by atoms with E-state index in [9.17, 15) is 8.42 Å². The maximum atomic E-state index is 12.3. The molecule has 0 amide bonds. The molecule has 2 rings (SSSR count). The fraction of sp³-hybridized carbons (Fsp3) is 0.400. The summed E-state index contributed by atoms with van der Waals surface area (Å²) in [5.74, 6) is 0. The van der Waals surface area contributed by atoms with Gasteiger partial charge in [-0.3, -0.25) is 0 Å². The molecule has 1 aliphatic rings. The zero-order valence-corrected chi connectivity index (χ0v) is 12.1. The van der Waals surface area contributed by atoms with Gasteiger partial charge in [0.2, 0.25) is 10.0 Å². The third-order valence-electron chi connectivity index (χ3n) is 2.72. The summed E-state index contributed by atoms with van der Waals surface area (Å²) in [6.07, 6.45) is 0.685. The largest absolute Gasteiger partial charge is 0.326 e. The van der Waals surface area contributed by atoms with Gasteiger partial charge in [-0.15, -0.1) is 0 Å². The monoisotopic (exact) mass is 338 g/mol. The van der Waals surface area contributed by atoms with Gasteiger partial charge in [-0.05, 0) is 34.5 Å². The minimum atomic E-state index is -3.53. The summed E-state index contributed by atoms with van der Waals surface area (Å²) in [5, 5.41) is 0.216. The highest BCUT2D eigenvalue weighted by molar-refractivity contribution is 9.10. The molecule has 0 unspecified atom stereocenters. The van der Waals surface area contributed by atoms with E-state index in [1.807, 2.05) is 0 Å². The van der Waals surface area contributed by atoms with Crippen molar-refractivity contribution in [1.82, 2.24) is 4.31 Å². The molecule has 1 saturated heterocycles. The highest BCUT2D eigenvalue weighted by Gasteiger charge is 2.32. The van der Waals surface area contributed by atoms with E-state index in [0.29, 0.717) is 24.0 Å². The van der Waals surface area contributed by atoms with Gasteiger partial charge >= 0.3 is 0 Å². The van der Waals surface area contributed by atoms with Crippen LogP contribution in [0.25, 0.3) is 0 Å². The number of halogens is 2. The Morgan fingerprint density at radius 2 is 2.18 bits per heavy atom. The molecule has 4 nitrogen and oxygen atoms in total. The Labute approximate surface area is 114 Å². The molecule has 0 spiro atoms. The second-order valence-electron chi connectivity index (χ2n) is 3.96. The Hall–Kier alpha value is -0.140. The van der Waals surface area contributed by atoms with Crippen molar-refractivity contribution in [2.24, 2.45) is 5.73 Å². The summed E-state index contributed by atoms with van der Waals surface area (Å²) >= 11 is 9.23. The lowest BCUT2D eigenvalue weighted by Gasteiger charge is -2.17. The van der Waals surface area contributed by atoms with E-state index >= 15 is 0 Å². The Bertz CT molecular complexity index is 535. The lowest BCUT2D eigenvalue weighted by molar-refractivity contribution is 0.472. The van der Waals surface area contributed by atoms with Crippen LogP contribution >= 0.6 is 27.5 Å². The van der Waals surface area contributed by atoms with Crippen LogP contribution in [-0.4, -0.2) is 31.9 Å². The number of rotatable bonds is 2. The molecule has 1 fully saturated rings. The summed E-state index contributed by atoms with van der Waals surface area (Å²) in [4.78, 5) is 0.127. The van der Waals surface area contributed by atoms with Gasteiger partial charge in [0.15, 0.2) is 0 Å². The van der Waals surface area contributed by atoms with Gasteiger partial charge in [0.05, 0.1) is 5.02 Å². The Morgan fingerprint density at radius 3 is 2.76 bits per heavy atom. The van der Waals surface area contributed by atoms with Crippen molar-refractivity contribution < 1.29 is 8.42 Å². The second kappa shape index (κ2) is 4.85. The lowest BCUT2D eigenvalue weighted by Crippen LogP contribution is -2.32. The molecule has 17 heavy (non-hydrogen) atoms. The molecule has 1 aromatic carbocycles. The molecule has 94 valence electrons. The van der Waals surface area contributed by atoms with Gasteiger partial charge in [-0.1, -0.05) is 17.7 Å². The predicted molar refractivity (Wildman–Crippen MR) is 70.5 cm³/mol. The maximum Gasteiger partial charge on any atom is 0.244 e. The third-order valence-corrected chi connectivity index (χ3v) is 6.04. The predicted octanol–water partition coefficient (Wildman–Crippen LogP) is 1.82. The Kier molecular flexibility index (Phi) is 3.80. The molecular formula is C10H12BrClN2O2S. The minimum Gasteiger partial charge on any atom is -0.326 e. The highest BCUT2D eigenvalue weighted by atomic mass is 79.9. The summed E-state index contributed by atoms with van der Waals surface area (Å²) in [5.41, 5.74) is 5.72. The lowest BCUT2D eigenvalue weighted by atomic mass is 10.3. The summed E-state index contributed by atoms with van der Waals surface area (Å²) in [6.45, 7) is 0.803. The van der Waals surface area contributed by atoms with E-state index in [1.54, 1.807) is 12.1 Å². The number of nitrogens with two attached hydrogens (primary N) is 1. The van der Waals surface area contributed by atoms with Crippen molar-refractivity contribution in [3.63, 3.8) is 0 Å². The quantitative estimate of drug-likeness (QED) is 0.894. The molecule has 1 atom stereocenters. The number of hydrogen-bond acceptors (Lipinski definition) is 3. The zero-order chi connectivity index (χ0) is 12.6. The van der Waals surface area contributed by atoms with Crippen LogP contribution in [-0.2, 0) is 10.0 Å². The SMILES string of the molecule is N[C@@H]1CCN(S(=O)(=O)c2cccc(Br)c2Cl)C1. The first-order valence-electron chi connectivity index (χ1n) is 5.12. The fourth-order valence-electron chi connectivity index (χ4n) is 1.79. The van der Waals surface area contributed by atoms with Gasteiger partial charge in [0.25, 0.3) is 0 Å². The van der Waals surface area contributed by atoms with Crippen LogP contribution in [0.3, 0.4) is 0 Å². The molecule has 0 saturated carbocycles. The van der Waals surface area contributed by atoms with Crippen LogP contribution < -0.4 is 5.73 Å². The van der Waals surface area contributed by atoms with Crippen molar-refractivity contribution in [3.05, 3.63) is 27.7 Å². The molecule has 0 radical (unpaired) electrons. The van der Waals surface area contributed by atoms with E-state index in [4.69, 9.17) is 17.3 Å². The number of sulfonamides is 1. The maximum absolute atomic E-state index is 12.3. The van der Waals surface area contributed by atoms with Crippen LogP contribution in [0, 0.1) is 0 Å². The van der Waals surface area contributed by atoms with E-state index in [0.717, 1.165) is 0 Å². The van der Waals surface area contributed by atoms with E-state index in [2.05, 4.69) is 15.9 Å². The van der Waals surface area contributed by atoms with Crippen molar-refractivity contribution in [2.75, 3.05) is 13.1 Å². The summed E-state index contributed by atoms with van der Waals surface area (Å²) in [7, 11) is -3.53. The van der Waals surface area contributed by atoms with E-state index in [-0.39, 0.29) is 16.0 Å². The summed E-state index contributed by atoms with van der Waals surface area (Å²) < 4.78 is 26.6. The first kappa shape index (κ1) is 13.3. The molecule has 2 N–H and O–H groups in total. The summed E-state index contributed by atoms with van der Waals surface area (Å²) in [6, 6.07) is 4.78. The van der Waals surface area contributed by atoms with Crippen LogP contribution in [0.15, 0.2) is 27.6 Å². The Morgan fingerprint density at radius 1 is 1.47 bits per heavy atom. The molecule has 1 heterocycles. The van der Waals surface area contributed by atoms with E-state index in [1.165, 1.54) is 10.4 Å².